The molecule has 0 N–H and O–H groups in total. The van der Waals surface area contributed by atoms with Crippen LogP contribution < -0.4 is 15.6 Å². The van der Waals surface area contributed by atoms with Crippen molar-refractivity contribution in [2.45, 2.75) is 23.6 Å². The lowest BCUT2D eigenvalue weighted by Gasteiger charge is -2.33. The van der Waals surface area contributed by atoms with E-state index in [1.807, 2.05) is 54.6 Å². The minimum absolute atomic E-state index is 0.335. The van der Waals surface area contributed by atoms with Gasteiger partial charge < -0.3 is 14.2 Å². The molecule has 39 heavy (non-hydrogen) atoms. The molecule has 0 radical (unpaired) electrons. The Labute approximate surface area is 226 Å². The fourth-order valence-electron chi connectivity index (χ4n) is 5.39. The molecule has 4 aromatic rings. The van der Waals surface area contributed by atoms with E-state index in [0.717, 1.165) is 22.7 Å². The van der Waals surface area contributed by atoms with Crippen molar-refractivity contribution in [3.8, 4) is 0 Å². The molecule has 0 bridgehead atoms. The summed E-state index contributed by atoms with van der Waals surface area (Å²) in [6, 6.07) is 36.8. The maximum Gasteiger partial charge on any atom is 0.432 e. The van der Waals surface area contributed by atoms with Gasteiger partial charge in [0.15, 0.2) is 8.07 Å². The molecule has 0 aliphatic carbocycles. The fourth-order valence-corrected chi connectivity index (χ4v) is 10.6. The zero-order valence-electron chi connectivity index (χ0n) is 21.2. The topological polar surface area (TPSA) is 48.1 Å². The molecule has 0 unspecified atom stereocenters. The second kappa shape index (κ2) is 10.8. The number of benzene rings is 4. The number of rotatable bonds is 9. The predicted octanol–water partition coefficient (Wildman–Crippen LogP) is 4.11. The first-order chi connectivity index (χ1) is 18.9. The number of esters is 1. The SMILES string of the molecule is CO[C@@](C(=O)OC[C@H]1O[C@@H]1[Si](c1ccccc1)(c1ccccc1)c1ccccc1)(c1ccccc1)C(F)(F)F. The standard InChI is InChI=1S/C31H27F3O4Si/c1-36-30(31(32,33)34,23-14-6-2-7-15-23)29(35)37-22-27-28(38-27)39(24-16-8-3-9-17-24,25-18-10-4-11-19-25)26-20-12-5-13-21-26/h2-21,27-28H,22H2,1H3/t27-,28-,30-/m1/s1. The number of epoxide rings is 1. The van der Waals surface area contributed by atoms with E-state index < -0.39 is 31.9 Å². The summed E-state index contributed by atoms with van der Waals surface area (Å²) in [5.74, 6) is -1.52. The van der Waals surface area contributed by atoms with Crippen LogP contribution in [0, 0.1) is 0 Å². The number of ether oxygens (including phenoxy) is 3. The van der Waals surface area contributed by atoms with Crippen LogP contribution >= 0.6 is 0 Å². The van der Waals surface area contributed by atoms with Crippen molar-refractivity contribution in [1.82, 2.24) is 0 Å². The summed E-state index contributed by atoms with van der Waals surface area (Å²) < 4.78 is 59.4. The Morgan fingerprint density at radius 2 is 1.15 bits per heavy atom. The lowest BCUT2D eigenvalue weighted by molar-refractivity contribution is -0.276. The van der Waals surface area contributed by atoms with Crippen molar-refractivity contribution >= 4 is 29.6 Å². The summed E-state index contributed by atoms with van der Waals surface area (Å²) in [4.78, 5) is 13.1. The van der Waals surface area contributed by atoms with Gasteiger partial charge in [-0.05, 0) is 15.6 Å². The third-order valence-corrected chi connectivity index (χ3v) is 12.3. The molecule has 1 aliphatic heterocycles. The quantitative estimate of drug-likeness (QED) is 0.137. The fraction of sp³-hybridized carbons (Fsp3) is 0.194. The van der Waals surface area contributed by atoms with Crippen LogP contribution in [0.3, 0.4) is 0 Å². The number of carbonyl (C=O) groups is 1. The average Bonchev–Trinajstić information content (AvgIpc) is 3.74. The van der Waals surface area contributed by atoms with Crippen LogP contribution in [0.2, 0.25) is 0 Å². The van der Waals surface area contributed by atoms with Crippen molar-refractivity contribution in [3.05, 3.63) is 127 Å². The van der Waals surface area contributed by atoms with E-state index in [4.69, 9.17) is 14.2 Å². The third-order valence-electron chi connectivity index (χ3n) is 7.25. The smallest absolute Gasteiger partial charge is 0.432 e. The van der Waals surface area contributed by atoms with Gasteiger partial charge in [-0.1, -0.05) is 121 Å². The Morgan fingerprint density at radius 3 is 1.54 bits per heavy atom. The third kappa shape index (κ3) is 4.69. The minimum Gasteiger partial charge on any atom is -0.460 e. The average molecular weight is 549 g/mol. The number of hydrogen-bond acceptors (Lipinski definition) is 4. The highest BCUT2D eigenvalue weighted by Crippen LogP contribution is 2.43. The highest BCUT2D eigenvalue weighted by molar-refractivity contribution is 7.12. The molecule has 0 aromatic heterocycles. The first-order valence-corrected chi connectivity index (χ1v) is 14.6. The minimum atomic E-state index is -5.04. The van der Waals surface area contributed by atoms with Crippen LogP contribution in [-0.4, -0.2) is 45.8 Å². The van der Waals surface area contributed by atoms with Gasteiger partial charge in [0.2, 0.25) is 0 Å². The summed E-state index contributed by atoms with van der Waals surface area (Å²) in [7, 11) is -1.99. The van der Waals surface area contributed by atoms with Crippen LogP contribution in [0.4, 0.5) is 13.2 Å². The van der Waals surface area contributed by atoms with Crippen molar-refractivity contribution < 1.29 is 32.2 Å². The Morgan fingerprint density at radius 1 is 0.744 bits per heavy atom. The summed E-state index contributed by atoms with van der Waals surface area (Å²) in [5, 5.41) is 3.27. The van der Waals surface area contributed by atoms with Gasteiger partial charge in [-0.2, -0.15) is 13.2 Å². The number of alkyl halides is 3. The molecule has 8 heteroatoms. The summed E-state index contributed by atoms with van der Waals surface area (Å²) in [6.45, 7) is -0.335. The van der Waals surface area contributed by atoms with Gasteiger partial charge in [-0.15, -0.1) is 0 Å². The maximum atomic E-state index is 14.3. The van der Waals surface area contributed by atoms with E-state index in [0.29, 0.717) is 0 Å². The molecule has 0 amide bonds. The molecule has 4 nitrogen and oxygen atoms in total. The van der Waals surface area contributed by atoms with E-state index in [2.05, 4.69) is 36.4 Å². The zero-order valence-corrected chi connectivity index (χ0v) is 22.2. The van der Waals surface area contributed by atoms with Gasteiger partial charge in [0.05, 0.1) is 5.73 Å². The van der Waals surface area contributed by atoms with Crippen molar-refractivity contribution in [2.24, 2.45) is 0 Å². The lowest BCUT2D eigenvalue weighted by Crippen LogP contribution is -2.72. The number of methoxy groups -OCH3 is 1. The van der Waals surface area contributed by atoms with Crippen LogP contribution in [0.5, 0.6) is 0 Å². The molecule has 0 saturated carbocycles. The van der Waals surface area contributed by atoms with E-state index >= 15 is 0 Å². The monoisotopic (exact) mass is 548 g/mol. The molecule has 1 fully saturated rings. The van der Waals surface area contributed by atoms with Crippen molar-refractivity contribution in [2.75, 3.05) is 13.7 Å². The highest BCUT2D eigenvalue weighted by atomic mass is 28.3. The highest BCUT2D eigenvalue weighted by Gasteiger charge is 2.65. The Bertz CT molecular complexity index is 1290. The molecule has 1 aliphatic rings. The zero-order chi connectivity index (χ0) is 27.5. The maximum absolute atomic E-state index is 14.3. The molecule has 1 heterocycles. The molecule has 3 atom stereocenters. The molecular formula is C31H27F3O4Si. The van der Waals surface area contributed by atoms with Crippen LogP contribution in [0.25, 0.3) is 0 Å². The first-order valence-electron chi connectivity index (χ1n) is 12.5. The Hall–Kier alpha value is -3.72. The molecule has 4 aromatic carbocycles. The summed E-state index contributed by atoms with van der Waals surface area (Å²) in [5.41, 5.74) is -3.96. The predicted molar refractivity (Wildman–Crippen MR) is 145 cm³/mol. The number of carbonyl (C=O) groups excluding carboxylic acids is 1. The lowest BCUT2D eigenvalue weighted by atomic mass is 9.93. The van der Waals surface area contributed by atoms with Crippen LogP contribution in [0.1, 0.15) is 5.56 Å². The Kier molecular flexibility index (Phi) is 7.44. The number of halogens is 3. The van der Waals surface area contributed by atoms with E-state index in [1.165, 1.54) is 24.3 Å². The molecule has 1 saturated heterocycles. The van der Waals surface area contributed by atoms with Crippen LogP contribution in [0.15, 0.2) is 121 Å². The van der Waals surface area contributed by atoms with Gasteiger partial charge in [0.25, 0.3) is 5.60 Å². The van der Waals surface area contributed by atoms with E-state index in [1.54, 1.807) is 6.07 Å². The molecule has 5 rings (SSSR count). The second-order valence-electron chi connectivity index (χ2n) is 9.35. The normalized spacial score (nSPS) is 18.7. The first kappa shape index (κ1) is 26.9. The van der Waals surface area contributed by atoms with Crippen molar-refractivity contribution in [3.63, 3.8) is 0 Å². The molecular weight excluding hydrogens is 521 g/mol. The van der Waals surface area contributed by atoms with Gasteiger partial charge in [0.1, 0.15) is 12.7 Å². The largest absolute Gasteiger partial charge is 0.460 e. The van der Waals surface area contributed by atoms with Gasteiger partial charge in [-0.3, -0.25) is 0 Å². The van der Waals surface area contributed by atoms with Gasteiger partial charge in [0, 0.05) is 12.7 Å². The van der Waals surface area contributed by atoms with E-state index in [-0.39, 0.29) is 17.9 Å². The van der Waals surface area contributed by atoms with Gasteiger partial charge >= 0.3 is 12.1 Å². The molecule has 200 valence electrons. The van der Waals surface area contributed by atoms with Crippen molar-refractivity contribution in [1.29, 1.82) is 0 Å². The second-order valence-corrected chi connectivity index (χ2v) is 13.3. The summed E-state index contributed by atoms with van der Waals surface area (Å²) in [6.07, 6.45) is -5.62. The van der Waals surface area contributed by atoms with Gasteiger partial charge in [-0.25, -0.2) is 4.79 Å². The Balaban J connectivity index is 1.49. The number of hydrogen-bond donors (Lipinski definition) is 0. The van der Waals surface area contributed by atoms with E-state index in [9.17, 15) is 18.0 Å². The van der Waals surface area contributed by atoms with Crippen LogP contribution in [-0.2, 0) is 24.6 Å². The molecule has 0 spiro atoms. The summed E-state index contributed by atoms with van der Waals surface area (Å²) >= 11 is 0.